The van der Waals surface area contributed by atoms with E-state index in [2.05, 4.69) is 22.2 Å². The van der Waals surface area contributed by atoms with Crippen LogP contribution in [0.5, 0.6) is 0 Å². The van der Waals surface area contributed by atoms with Crippen molar-refractivity contribution in [1.82, 2.24) is 29.8 Å². The summed E-state index contributed by atoms with van der Waals surface area (Å²) in [7, 11) is 3.54. The second-order valence-electron chi connectivity index (χ2n) is 8.06. The predicted molar refractivity (Wildman–Crippen MR) is 103 cm³/mol. The van der Waals surface area contributed by atoms with Crippen molar-refractivity contribution in [3.8, 4) is 0 Å². The number of fused-ring (bicyclic) bond motifs is 1. The number of carbonyl (C=O) groups is 2. The van der Waals surface area contributed by atoms with E-state index in [-0.39, 0.29) is 11.9 Å². The van der Waals surface area contributed by atoms with Crippen LogP contribution in [0.1, 0.15) is 37.6 Å². The minimum atomic E-state index is 0.0234. The fraction of sp³-hybridized carbons (Fsp3) is 0.737. The number of rotatable bonds is 4. The highest BCUT2D eigenvalue weighted by atomic mass is 16.2. The first-order chi connectivity index (χ1) is 12.9. The number of aryl methyl sites for hydroxylation is 1. The number of carbonyl (C=O) groups excluding carboxylic acids is 2. The van der Waals surface area contributed by atoms with E-state index < -0.39 is 0 Å². The summed E-state index contributed by atoms with van der Waals surface area (Å²) >= 11 is 0. The molecule has 0 aromatic carbocycles. The lowest BCUT2D eigenvalue weighted by Crippen LogP contribution is -2.41. The van der Waals surface area contributed by atoms with Crippen molar-refractivity contribution >= 4 is 11.9 Å². The summed E-state index contributed by atoms with van der Waals surface area (Å²) in [5, 5.41) is 7.61. The van der Waals surface area contributed by atoms with Crippen LogP contribution in [0.25, 0.3) is 0 Å². The molecule has 150 valence electrons. The van der Waals surface area contributed by atoms with Crippen LogP contribution in [0.15, 0.2) is 6.07 Å². The molecule has 0 radical (unpaired) electrons. The molecule has 3 rings (SSSR count). The first-order valence-corrected chi connectivity index (χ1v) is 9.93. The van der Waals surface area contributed by atoms with Crippen molar-refractivity contribution in [1.29, 1.82) is 0 Å². The SMILES string of the molecule is C[C@H]1CCCN(CC(=O)NCc2cc3n(n2)CCCN(C(=O)N(C)C)C3)C1. The highest BCUT2D eigenvalue weighted by Crippen LogP contribution is 2.16. The zero-order chi connectivity index (χ0) is 19.4. The number of aromatic nitrogens is 2. The largest absolute Gasteiger partial charge is 0.349 e. The number of nitrogens with one attached hydrogen (secondary N) is 1. The second kappa shape index (κ2) is 8.73. The monoisotopic (exact) mass is 376 g/mol. The van der Waals surface area contributed by atoms with E-state index in [0.717, 1.165) is 44.0 Å². The van der Waals surface area contributed by atoms with Gasteiger partial charge in [0.1, 0.15) is 0 Å². The molecule has 0 spiro atoms. The van der Waals surface area contributed by atoms with Crippen molar-refractivity contribution < 1.29 is 9.59 Å². The molecule has 1 saturated heterocycles. The standard InChI is InChI=1S/C19H32N6O2/c1-15-6-4-7-23(12-15)14-18(26)20-11-16-10-17-13-24(19(27)22(2)3)8-5-9-25(17)21-16/h10,15H,4-9,11-14H2,1-3H3,(H,20,26)/t15-/m0/s1. The van der Waals surface area contributed by atoms with E-state index in [1.165, 1.54) is 12.8 Å². The lowest BCUT2D eigenvalue weighted by molar-refractivity contribution is -0.122. The number of hydrogen-bond donors (Lipinski definition) is 1. The van der Waals surface area contributed by atoms with Crippen molar-refractivity contribution in [3.05, 3.63) is 17.5 Å². The molecular weight excluding hydrogens is 344 g/mol. The van der Waals surface area contributed by atoms with Crippen LogP contribution in [0.2, 0.25) is 0 Å². The second-order valence-corrected chi connectivity index (χ2v) is 8.06. The molecule has 27 heavy (non-hydrogen) atoms. The molecule has 2 aliphatic rings. The van der Waals surface area contributed by atoms with Gasteiger partial charge >= 0.3 is 6.03 Å². The van der Waals surface area contributed by atoms with E-state index in [1.807, 2.05) is 15.6 Å². The zero-order valence-corrected chi connectivity index (χ0v) is 16.8. The fourth-order valence-electron chi connectivity index (χ4n) is 3.93. The Kier molecular flexibility index (Phi) is 6.36. The molecular formula is C19H32N6O2. The van der Waals surface area contributed by atoms with Gasteiger partial charge < -0.3 is 15.1 Å². The molecule has 1 fully saturated rings. The summed E-state index contributed by atoms with van der Waals surface area (Å²) in [5.41, 5.74) is 1.88. The first kappa shape index (κ1) is 19.7. The minimum absolute atomic E-state index is 0.0234. The zero-order valence-electron chi connectivity index (χ0n) is 16.8. The van der Waals surface area contributed by atoms with Crippen molar-refractivity contribution in [2.75, 3.05) is 40.3 Å². The minimum Gasteiger partial charge on any atom is -0.349 e. The molecule has 1 aromatic heterocycles. The molecule has 8 heteroatoms. The third-order valence-electron chi connectivity index (χ3n) is 5.29. The summed E-state index contributed by atoms with van der Waals surface area (Å²) < 4.78 is 1.97. The Labute approximate surface area is 161 Å². The first-order valence-electron chi connectivity index (χ1n) is 9.93. The van der Waals surface area contributed by atoms with Gasteiger partial charge in [-0.3, -0.25) is 14.4 Å². The number of urea groups is 1. The maximum atomic E-state index is 12.3. The van der Waals surface area contributed by atoms with Gasteiger partial charge in [-0.1, -0.05) is 6.92 Å². The number of amides is 3. The topological polar surface area (TPSA) is 73.7 Å². The lowest BCUT2D eigenvalue weighted by Gasteiger charge is -2.30. The Bertz CT molecular complexity index is 671. The van der Waals surface area contributed by atoms with Crippen LogP contribution in [0.4, 0.5) is 4.79 Å². The van der Waals surface area contributed by atoms with Gasteiger partial charge in [-0.2, -0.15) is 5.10 Å². The van der Waals surface area contributed by atoms with Crippen LogP contribution in [0.3, 0.4) is 0 Å². The van der Waals surface area contributed by atoms with Crippen LogP contribution in [-0.2, 0) is 24.4 Å². The number of likely N-dealkylation sites (tertiary alicyclic amines) is 1. The maximum absolute atomic E-state index is 12.3. The lowest BCUT2D eigenvalue weighted by atomic mass is 10.0. The molecule has 3 heterocycles. The van der Waals surface area contributed by atoms with Crippen LogP contribution >= 0.6 is 0 Å². The number of nitrogens with zero attached hydrogens (tertiary/aromatic N) is 5. The summed E-state index contributed by atoms with van der Waals surface area (Å²) in [4.78, 5) is 30.2. The van der Waals surface area contributed by atoms with Crippen LogP contribution < -0.4 is 5.32 Å². The van der Waals surface area contributed by atoms with Crippen molar-refractivity contribution in [3.63, 3.8) is 0 Å². The van der Waals surface area contributed by atoms with Gasteiger partial charge in [-0.25, -0.2) is 4.79 Å². The number of hydrogen-bond acceptors (Lipinski definition) is 4. The average molecular weight is 377 g/mol. The van der Waals surface area contributed by atoms with Crippen molar-refractivity contribution in [2.45, 2.75) is 45.8 Å². The fourth-order valence-corrected chi connectivity index (χ4v) is 3.93. The third-order valence-corrected chi connectivity index (χ3v) is 5.29. The van der Waals surface area contributed by atoms with Gasteiger partial charge in [0.15, 0.2) is 0 Å². The maximum Gasteiger partial charge on any atom is 0.319 e. The molecule has 0 saturated carbocycles. The molecule has 1 atom stereocenters. The van der Waals surface area contributed by atoms with E-state index in [0.29, 0.717) is 25.6 Å². The predicted octanol–water partition coefficient (Wildman–Crippen LogP) is 1.12. The Balaban J connectivity index is 1.53. The van der Waals surface area contributed by atoms with E-state index in [9.17, 15) is 9.59 Å². The summed E-state index contributed by atoms with van der Waals surface area (Å²) in [6.07, 6.45) is 3.31. The third kappa shape index (κ3) is 5.22. The van der Waals surface area contributed by atoms with Crippen molar-refractivity contribution in [2.24, 2.45) is 5.92 Å². The number of piperidine rings is 1. The van der Waals surface area contributed by atoms with Gasteiger partial charge in [0.2, 0.25) is 5.91 Å². The van der Waals surface area contributed by atoms with Gasteiger partial charge in [0, 0.05) is 33.7 Å². The molecule has 0 unspecified atom stereocenters. The Hall–Kier alpha value is -2.09. The Morgan fingerprint density at radius 2 is 2.07 bits per heavy atom. The van der Waals surface area contributed by atoms with E-state index >= 15 is 0 Å². The van der Waals surface area contributed by atoms with E-state index in [1.54, 1.807) is 19.0 Å². The summed E-state index contributed by atoms with van der Waals surface area (Å²) in [5.74, 6) is 0.722. The van der Waals surface area contributed by atoms with Crippen LogP contribution in [0, 0.1) is 5.92 Å². The normalized spacial score (nSPS) is 20.7. The Morgan fingerprint density at radius 1 is 1.26 bits per heavy atom. The smallest absolute Gasteiger partial charge is 0.319 e. The Morgan fingerprint density at radius 3 is 2.81 bits per heavy atom. The summed E-state index contributed by atoms with van der Waals surface area (Å²) in [6, 6.07) is 2.03. The summed E-state index contributed by atoms with van der Waals surface area (Å²) in [6.45, 7) is 7.24. The molecule has 1 N–H and O–H groups in total. The molecule has 8 nitrogen and oxygen atoms in total. The highest BCUT2D eigenvalue weighted by Gasteiger charge is 2.22. The van der Waals surface area contributed by atoms with Gasteiger partial charge in [-0.05, 0) is 37.8 Å². The molecule has 3 amide bonds. The van der Waals surface area contributed by atoms with Crippen LogP contribution in [-0.4, -0.2) is 76.7 Å². The molecule has 0 bridgehead atoms. The quantitative estimate of drug-likeness (QED) is 0.855. The van der Waals surface area contributed by atoms with Gasteiger partial charge in [0.25, 0.3) is 0 Å². The molecule has 0 aliphatic carbocycles. The average Bonchev–Trinajstić information content (AvgIpc) is 2.89. The van der Waals surface area contributed by atoms with E-state index in [4.69, 9.17) is 0 Å². The van der Waals surface area contributed by atoms with Gasteiger partial charge in [-0.15, -0.1) is 0 Å². The molecule has 1 aromatic rings. The highest BCUT2D eigenvalue weighted by molar-refractivity contribution is 5.78. The van der Waals surface area contributed by atoms with Gasteiger partial charge in [0.05, 0.1) is 31.0 Å². The molecule has 2 aliphatic heterocycles.